The fourth-order valence-electron chi connectivity index (χ4n) is 1.48. The molecule has 6 heteroatoms. The van der Waals surface area contributed by atoms with E-state index < -0.39 is 0 Å². The zero-order valence-corrected chi connectivity index (χ0v) is 10.4. The first-order valence-corrected chi connectivity index (χ1v) is 5.80. The number of carbonyl (C=O) groups is 1. The van der Waals surface area contributed by atoms with E-state index in [0.717, 1.165) is 0 Å². The van der Waals surface area contributed by atoms with Crippen molar-refractivity contribution in [3.63, 3.8) is 0 Å². The molecule has 2 N–H and O–H groups in total. The maximum absolute atomic E-state index is 11.9. The third-order valence-electron chi connectivity index (χ3n) is 2.39. The van der Waals surface area contributed by atoms with Crippen LogP contribution >= 0.6 is 0 Å². The maximum atomic E-state index is 11.9. The molecule has 0 radical (unpaired) electrons. The zero-order valence-electron chi connectivity index (χ0n) is 10.4. The summed E-state index contributed by atoms with van der Waals surface area (Å²) in [5, 5.41) is 3.98. The van der Waals surface area contributed by atoms with Gasteiger partial charge in [0, 0.05) is 25.9 Å². The summed E-state index contributed by atoms with van der Waals surface area (Å²) in [7, 11) is 0. The van der Waals surface area contributed by atoms with E-state index in [9.17, 15) is 4.79 Å². The Labute approximate surface area is 101 Å². The van der Waals surface area contributed by atoms with Crippen LogP contribution in [0.15, 0.2) is 12.4 Å². The molecule has 96 valence electrons. The van der Waals surface area contributed by atoms with Crippen LogP contribution in [0.3, 0.4) is 0 Å². The van der Waals surface area contributed by atoms with Crippen LogP contribution in [0.25, 0.3) is 0 Å². The average Bonchev–Trinajstić information content (AvgIpc) is 2.70. The molecule has 1 aromatic rings. The molecule has 0 aromatic carbocycles. The van der Waals surface area contributed by atoms with E-state index in [1.165, 1.54) is 6.20 Å². The maximum Gasteiger partial charge on any atom is 0.244 e. The van der Waals surface area contributed by atoms with Gasteiger partial charge in [-0.3, -0.25) is 9.48 Å². The number of nitrogens with zero attached hydrogens (tertiary/aromatic N) is 3. The number of anilines is 1. The van der Waals surface area contributed by atoms with Gasteiger partial charge in [-0.15, -0.1) is 0 Å². The van der Waals surface area contributed by atoms with E-state index in [0.29, 0.717) is 32.0 Å². The Bertz CT molecular complexity index is 351. The fourth-order valence-corrected chi connectivity index (χ4v) is 1.48. The lowest BCUT2D eigenvalue weighted by atomic mass is 10.4. The van der Waals surface area contributed by atoms with Gasteiger partial charge in [0.1, 0.15) is 6.54 Å². The minimum atomic E-state index is 0.0234. The van der Waals surface area contributed by atoms with Crippen molar-refractivity contribution in [3.8, 4) is 0 Å². The monoisotopic (exact) mass is 240 g/mol. The van der Waals surface area contributed by atoms with Crippen LogP contribution in [-0.4, -0.2) is 46.9 Å². The number of likely N-dealkylation sites (N-methyl/N-ethyl adjacent to an activating group) is 1. The lowest BCUT2D eigenvalue weighted by molar-refractivity contribution is -0.132. The molecule has 0 aliphatic heterocycles. The van der Waals surface area contributed by atoms with E-state index in [2.05, 4.69) is 5.10 Å². The number of hydrogen-bond acceptors (Lipinski definition) is 4. The summed E-state index contributed by atoms with van der Waals surface area (Å²) in [5.74, 6) is 0.0234. The van der Waals surface area contributed by atoms with Crippen LogP contribution in [0.2, 0.25) is 0 Å². The van der Waals surface area contributed by atoms with Crippen molar-refractivity contribution in [3.05, 3.63) is 12.4 Å². The molecule has 0 aliphatic carbocycles. The van der Waals surface area contributed by atoms with Crippen LogP contribution in [0, 0.1) is 0 Å². The Kier molecular flexibility index (Phi) is 5.48. The van der Waals surface area contributed by atoms with Crippen LogP contribution in [0.1, 0.15) is 13.8 Å². The van der Waals surface area contributed by atoms with Crippen molar-refractivity contribution in [1.29, 1.82) is 0 Å². The molecule has 6 nitrogen and oxygen atoms in total. The van der Waals surface area contributed by atoms with Crippen LogP contribution in [-0.2, 0) is 16.1 Å². The SMILES string of the molecule is CCOCCN(CC)C(=O)Cn1cc(N)cn1. The normalized spacial score (nSPS) is 10.5. The Morgan fingerprint density at radius 1 is 1.59 bits per heavy atom. The Balaban J connectivity index is 2.43. The van der Waals surface area contributed by atoms with E-state index in [1.807, 2.05) is 13.8 Å². The molecule has 0 bridgehead atoms. The smallest absolute Gasteiger partial charge is 0.244 e. The summed E-state index contributed by atoms with van der Waals surface area (Å²) in [5.41, 5.74) is 6.10. The highest BCUT2D eigenvalue weighted by molar-refractivity contribution is 5.75. The molecular formula is C11H20N4O2. The minimum Gasteiger partial charge on any atom is -0.396 e. The summed E-state index contributed by atoms with van der Waals surface area (Å²) in [6.07, 6.45) is 3.18. The van der Waals surface area contributed by atoms with Crippen molar-refractivity contribution < 1.29 is 9.53 Å². The highest BCUT2D eigenvalue weighted by Gasteiger charge is 2.12. The van der Waals surface area contributed by atoms with E-state index >= 15 is 0 Å². The van der Waals surface area contributed by atoms with Gasteiger partial charge < -0.3 is 15.4 Å². The standard InChI is InChI=1S/C11H20N4O2/c1-3-14(5-6-17-4-2)11(16)9-15-8-10(12)7-13-15/h7-8H,3-6,9,12H2,1-2H3. The first kappa shape index (κ1) is 13.5. The fraction of sp³-hybridized carbons (Fsp3) is 0.636. The van der Waals surface area contributed by atoms with Crippen molar-refractivity contribution in [1.82, 2.24) is 14.7 Å². The molecule has 0 spiro atoms. The predicted molar refractivity (Wildman–Crippen MR) is 65.4 cm³/mol. The molecule has 1 heterocycles. The molecule has 1 amide bonds. The van der Waals surface area contributed by atoms with E-state index in [1.54, 1.807) is 15.8 Å². The summed E-state index contributed by atoms with van der Waals surface area (Å²) >= 11 is 0. The summed E-state index contributed by atoms with van der Waals surface area (Å²) in [6, 6.07) is 0. The third-order valence-corrected chi connectivity index (χ3v) is 2.39. The summed E-state index contributed by atoms with van der Waals surface area (Å²) in [6.45, 7) is 6.62. The first-order valence-electron chi connectivity index (χ1n) is 5.80. The Morgan fingerprint density at radius 2 is 2.35 bits per heavy atom. The van der Waals surface area contributed by atoms with Crippen LogP contribution < -0.4 is 5.73 Å². The average molecular weight is 240 g/mol. The topological polar surface area (TPSA) is 73.4 Å². The number of carbonyl (C=O) groups excluding carboxylic acids is 1. The van der Waals surface area contributed by atoms with Gasteiger partial charge in [0.2, 0.25) is 5.91 Å². The number of ether oxygens (including phenoxy) is 1. The lowest BCUT2D eigenvalue weighted by Gasteiger charge is -2.20. The second kappa shape index (κ2) is 6.90. The number of nitrogens with two attached hydrogens (primary N) is 1. The molecule has 0 saturated carbocycles. The molecule has 0 unspecified atom stereocenters. The summed E-state index contributed by atoms with van der Waals surface area (Å²) < 4.78 is 6.78. The van der Waals surface area contributed by atoms with Gasteiger partial charge in [0.25, 0.3) is 0 Å². The van der Waals surface area contributed by atoms with Crippen LogP contribution in [0.4, 0.5) is 5.69 Å². The second-order valence-corrected chi connectivity index (χ2v) is 3.64. The molecular weight excluding hydrogens is 220 g/mol. The van der Waals surface area contributed by atoms with E-state index in [-0.39, 0.29) is 12.5 Å². The van der Waals surface area contributed by atoms with Gasteiger partial charge in [0.05, 0.1) is 18.5 Å². The van der Waals surface area contributed by atoms with Gasteiger partial charge in [-0.05, 0) is 13.8 Å². The molecule has 1 rings (SSSR count). The van der Waals surface area contributed by atoms with Crippen LogP contribution in [0.5, 0.6) is 0 Å². The van der Waals surface area contributed by atoms with Gasteiger partial charge in [-0.2, -0.15) is 5.10 Å². The molecule has 0 saturated heterocycles. The van der Waals surface area contributed by atoms with Crippen molar-refractivity contribution in [2.75, 3.05) is 32.0 Å². The number of nitrogen functional groups attached to an aromatic ring is 1. The quantitative estimate of drug-likeness (QED) is 0.698. The van der Waals surface area contributed by atoms with Gasteiger partial charge in [0.15, 0.2) is 0 Å². The molecule has 0 fully saturated rings. The van der Waals surface area contributed by atoms with Crippen molar-refractivity contribution in [2.24, 2.45) is 0 Å². The zero-order chi connectivity index (χ0) is 12.7. The van der Waals surface area contributed by atoms with Crippen molar-refractivity contribution >= 4 is 11.6 Å². The second-order valence-electron chi connectivity index (χ2n) is 3.64. The number of aromatic nitrogens is 2. The Hall–Kier alpha value is -1.56. The molecule has 0 atom stereocenters. The van der Waals surface area contributed by atoms with Gasteiger partial charge in [-0.1, -0.05) is 0 Å². The number of amides is 1. The molecule has 1 aromatic heterocycles. The molecule has 17 heavy (non-hydrogen) atoms. The Morgan fingerprint density at radius 3 is 2.88 bits per heavy atom. The minimum absolute atomic E-state index is 0.0234. The van der Waals surface area contributed by atoms with Crippen molar-refractivity contribution in [2.45, 2.75) is 20.4 Å². The third kappa shape index (κ3) is 4.44. The molecule has 0 aliphatic rings. The largest absolute Gasteiger partial charge is 0.396 e. The van der Waals surface area contributed by atoms with Gasteiger partial charge in [-0.25, -0.2) is 0 Å². The van der Waals surface area contributed by atoms with E-state index in [4.69, 9.17) is 10.5 Å². The number of hydrogen-bond donors (Lipinski definition) is 1. The highest BCUT2D eigenvalue weighted by atomic mass is 16.5. The highest BCUT2D eigenvalue weighted by Crippen LogP contribution is 1.99. The number of rotatable bonds is 7. The van der Waals surface area contributed by atoms with Gasteiger partial charge >= 0.3 is 0 Å². The first-order chi connectivity index (χ1) is 8.17. The predicted octanol–water partition coefficient (Wildman–Crippen LogP) is 0.350. The summed E-state index contributed by atoms with van der Waals surface area (Å²) in [4.78, 5) is 13.7. The lowest BCUT2D eigenvalue weighted by Crippen LogP contribution is -2.36.